The molecular weight excluding hydrogens is 260 g/mol. The van der Waals surface area contributed by atoms with Crippen molar-refractivity contribution >= 4 is 5.97 Å². The van der Waals surface area contributed by atoms with Gasteiger partial charge in [-0.3, -0.25) is 0 Å². The Hall–Kier alpha value is -1.47. The Labute approximate surface area is 118 Å². The molecule has 2 rings (SSSR count). The second kappa shape index (κ2) is 7.35. The van der Waals surface area contributed by atoms with Crippen LogP contribution in [0.4, 0.5) is 0 Å². The van der Waals surface area contributed by atoms with E-state index in [0.29, 0.717) is 6.54 Å². The summed E-state index contributed by atoms with van der Waals surface area (Å²) in [7, 11) is 0. The number of piperidine rings is 1. The molecule has 0 unspecified atom stereocenters. The number of carboxylic acid groups (broad SMARTS) is 1. The molecule has 0 amide bonds. The summed E-state index contributed by atoms with van der Waals surface area (Å²) in [6.07, 6.45) is 4.39. The number of carbonyl (C=O) groups is 1. The highest BCUT2D eigenvalue weighted by Crippen LogP contribution is 2.27. The smallest absolute Gasteiger partial charge is 0.358 e. The van der Waals surface area contributed by atoms with Gasteiger partial charge in [-0.25, -0.2) is 9.48 Å². The minimum absolute atomic E-state index is 0.0964. The number of aliphatic hydroxyl groups is 1. The Kier molecular flexibility index (Phi) is 5.49. The number of aryl methyl sites for hydroxylation is 1. The molecule has 0 aliphatic carbocycles. The van der Waals surface area contributed by atoms with Gasteiger partial charge in [-0.2, -0.15) is 0 Å². The molecule has 7 nitrogen and oxygen atoms in total. The Balaban J connectivity index is 2.11. The average molecular weight is 282 g/mol. The molecule has 0 saturated carbocycles. The van der Waals surface area contributed by atoms with Gasteiger partial charge in [-0.15, -0.1) is 5.10 Å². The lowest BCUT2D eigenvalue weighted by Gasteiger charge is -2.23. The molecule has 0 bridgehead atoms. The van der Waals surface area contributed by atoms with Crippen molar-refractivity contribution in [3.05, 3.63) is 11.4 Å². The average Bonchev–Trinajstić information content (AvgIpc) is 2.88. The van der Waals surface area contributed by atoms with E-state index in [1.165, 1.54) is 0 Å². The summed E-state index contributed by atoms with van der Waals surface area (Å²) in [5.41, 5.74) is 0.863. The van der Waals surface area contributed by atoms with Gasteiger partial charge in [0.15, 0.2) is 5.69 Å². The molecule has 7 heteroatoms. The van der Waals surface area contributed by atoms with Gasteiger partial charge in [0, 0.05) is 19.1 Å². The summed E-state index contributed by atoms with van der Waals surface area (Å²) in [6, 6.07) is 0. The van der Waals surface area contributed by atoms with Gasteiger partial charge in [0.05, 0.1) is 5.69 Å². The minimum atomic E-state index is -1.000. The minimum Gasteiger partial charge on any atom is -0.476 e. The number of nitrogens with one attached hydrogen (secondary N) is 1. The number of rotatable bonds is 7. The summed E-state index contributed by atoms with van der Waals surface area (Å²) < 4.78 is 1.75. The van der Waals surface area contributed by atoms with E-state index in [2.05, 4.69) is 15.6 Å². The summed E-state index contributed by atoms with van der Waals surface area (Å²) >= 11 is 0. The van der Waals surface area contributed by atoms with Crippen LogP contribution in [0, 0.1) is 0 Å². The van der Waals surface area contributed by atoms with Gasteiger partial charge in [0.1, 0.15) is 0 Å². The number of aromatic nitrogens is 3. The lowest BCUT2D eigenvalue weighted by molar-refractivity contribution is 0.0688. The molecule has 1 aromatic heterocycles. The molecule has 1 fully saturated rings. The number of aromatic carboxylic acids is 1. The van der Waals surface area contributed by atoms with Crippen molar-refractivity contribution in [2.45, 2.75) is 44.6 Å². The Morgan fingerprint density at radius 2 is 2.05 bits per heavy atom. The van der Waals surface area contributed by atoms with Crippen LogP contribution in [0.15, 0.2) is 0 Å². The number of nitrogens with zero attached hydrogens (tertiary/aromatic N) is 3. The fraction of sp³-hybridized carbons (Fsp3) is 0.769. The summed E-state index contributed by atoms with van der Waals surface area (Å²) in [5.74, 6) is -0.782. The van der Waals surface area contributed by atoms with E-state index in [-0.39, 0.29) is 18.2 Å². The topological polar surface area (TPSA) is 100 Å². The second-order valence-corrected chi connectivity index (χ2v) is 5.16. The Morgan fingerprint density at radius 1 is 1.30 bits per heavy atom. The number of hydrogen-bond donors (Lipinski definition) is 3. The molecule has 0 radical (unpaired) electrons. The van der Waals surface area contributed by atoms with Crippen LogP contribution in [0.5, 0.6) is 0 Å². The van der Waals surface area contributed by atoms with Gasteiger partial charge in [-0.1, -0.05) is 5.21 Å². The van der Waals surface area contributed by atoms with Crippen molar-refractivity contribution in [2.24, 2.45) is 0 Å². The third-order valence-electron chi connectivity index (χ3n) is 3.73. The number of carboxylic acids is 1. The van der Waals surface area contributed by atoms with Crippen molar-refractivity contribution in [3.8, 4) is 0 Å². The Bertz CT molecular complexity index is 441. The second-order valence-electron chi connectivity index (χ2n) is 5.16. The fourth-order valence-electron chi connectivity index (χ4n) is 2.69. The molecule has 1 aliphatic rings. The van der Waals surface area contributed by atoms with Crippen LogP contribution < -0.4 is 5.32 Å². The predicted octanol–water partition coefficient (Wildman–Crippen LogP) is 0.606. The molecule has 112 valence electrons. The van der Waals surface area contributed by atoms with Gasteiger partial charge in [-0.05, 0) is 45.2 Å². The molecule has 3 N–H and O–H groups in total. The SMILES string of the molecule is O=C(O)c1nnn(CCCCCO)c1C1CCNCC1. The standard InChI is InChI=1S/C13H22N4O3/c18-9-3-1-2-8-17-12(10-4-6-14-7-5-10)11(13(19)20)15-16-17/h10,14,18H,1-9H2,(H,19,20). The molecule has 0 aromatic carbocycles. The number of aliphatic hydroxyl groups excluding tert-OH is 1. The predicted molar refractivity (Wildman–Crippen MR) is 72.8 cm³/mol. The van der Waals surface area contributed by atoms with Crippen LogP contribution in [0.2, 0.25) is 0 Å². The van der Waals surface area contributed by atoms with Gasteiger partial charge in [0.25, 0.3) is 0 Å². The van der Waals surface area contributed by atoms with Crippen molar-refractivity contribution in [1.82, 2.24) is 20.3 Å². The van der Waals surface area contributed by atoms with Crippen molar-refractivity contribution in [1.29, 1.82) is 0 Å². The first-order chi connectivity index (χ1) is 9.74. The zero-order valence-corrected chi connectivity index (χ0v) is 11.6. The third-order valence-corrected chi connectivity index (χ3v) is 3.73. The van der Waals surface area contributed by atoms with Crippen molar-refractivity contribution < 1.29 is 15.0 Å². The van der Waals surface area contributed by atoms with Crippen LogP contribution >= 0.6 is 0 Å². The van der Waals surface area contributed by atoms with Gasteiger partial charge < -0.3 is 15.5 Å². The van der Waals surface area contributed by atoms with E-state index in [1.807, 2.05) is 0 Å². The first-order valence-corrected chi connectivity index (χ1v) is 7.22. The largest absolute Gasteiger partial charge is 0.476 e. The van der Waals surface area contributed by atoms with Crippen LogP contribution in [-0.2, 0) is 6.54 Å². The molecule has 0 spiro atoms. The van der Waals surface area contributed by atoms with Gasteiger partial charge in [0.2, 0.25) is 0 Å². The van der Waals surface area contributed by atoms with E-state index in [1.54, 1.807) is 4.68 Å². The van der Waals surface area contributed by atoms with Gasteiger partial charge >= 0.3 is 5.97 Å². The first kappa shape index (κ1) is 14.9. The fourth-order valence-corrected chi connectivity index (χ4v) is 2.69. The monoisotopic (exact) mass is 282 g/mol. The molecule has 1 aliphatic heterocycles. The van der Waals surface area contributed by atoms with E-state index >= 15 is 0 Å². The highest BCUT2D eigenvalue weighted by atomic mass is 16.4. The van der Waals surface area contributed by atoms with E-state index < -0.39 is 5.97 Å². The first-order valence-electron chi connectivity index (χ1n) is 7.22. The van der Waals surface area contributed by atoms with Crippen LogP contribution in [0.1, 0.15) is 54.2 Å². The molecule has 2 heterocycles. The van der Waals surface area contributed by atoms with E-state index in [0.717, 1.165) is 50.9 Å². The maximum Gasteiger partial charge on any atom is 0.358 e. The highest BCUT2D eigenvalue weighted by molar-refractivity contribution is 5.86. The number of unbranched alkanes of at least 4 members (excludes halogenated alkanes) is 2. The van der Waals surface area contributed by atoms with Crippen LogP contribution in [0.25, 0.3) is 0 Å². The molecule has 20 heavy (non-hydrogen) atoms. The molecule has 1 saturated heterocycles. The summed E-state index contributed by atoms with van der Waals surface area (Å²) in [4.78, 5) is 11.3. The third kappa shape index (κ3) is 3.55. The van der Waals surface area contributed by atoms with E-state index in [4.69, 9.17) is 5.11 Å². The highest BCUT2D eigenvalue weighted by Gasteiger charge is 2.27. The van der Waals surface area contributed by atoms with Crippen LogP contribution in [-0.4, -0.2) is 50.9 Å². The van der Waals surface area contributed by atoms with Crippen molar-refractivity contribution in [2.75, 3.05) is 19.7 Å². The number of hydrogen-bond acceptors (Lipinski definition) is 5. The Morgan fingerprint density at radius 3 is 2.70 bits per heavy atom. The molecule has 0 atom stereocenters. The molecule has 1 aromatic rings. The zero-order chi connectivity index (χ0) is 14.4. The molecular formula is C13H22N4O3. The maximum atomic E-state index is 11.3. The lowest BCUT2D eigenvalue weighted by atomic mass is 9.93. The quantitative estimate of drug-likeness (QED) is 0.633. The lowest BCUT2D eigenvalue weighted by Crippen LogP contribution is -2.28. The van der Waals surface area contributed by atoms with E-state index in [9.17, 15) is 9.90 Å². The normalized spacial score (nSPS) is 16.4. The van der Waals surface area contributed by atoms with Crippen molar-refractivity contribution in [3.63, 3.8) is 0 Å². The maximum absolute atomic E-state index is 11.3. The van der Waals surface area contributed by atoms with Crippen LogP contribution in [0.3, 0.4) is 0 Å². The summed E-state index contributed by atoms with van der Waals surface area (Å²) in [5, 5.41) is 29.2. The summed E-state index contributed by atoms with van der Waals surface area (Å²) in [6.45, 7) is 2.66. The zero-order valence-electron chi connectivity index (χ0n) is 11.6.